The summed E-state index contributed by atoms with van der Waals surface area (Å²) >= 11 is 0. The molecule has 3 aromatic rings. The van der Waals surface area contributed by atoms with Crippen LogP contribution in [0.5, 0.6) is 5.88 Å². The van der Waals surface area contributed by atoms with Gasteiger partial charge in [-0.25, -0.2) is 4.99 Å². The molecule has 1 aromatic heterocycles. The van der Waals surface area contributed by atoms with Gasteiger partial charge in [-0.2, -0.15) is 0 Å². The summed E-state index contributed by atoms with van der Waals surface area (Å²) in [6.45, 7) is 0. The molecule has 128 valence electrons. The van der Waals surface area contributed by atoms with Crippen molar-refractivity contribution < 1.29 is 19.7 Å². The first-order chi connectivity index (χ1) is 12.4. The van der Waals surface area contributed by atoms with Crippen LogP contribution in [0.25, 0.3) is 16.5 Å². The van der Waals surface area contributed by atoms with E-state index in [9.17, 15) is 30.1 Å². The number of aromatic nitrogens is 1. The molecule has 1 aliphatic heterocycles. The Bertz CT molecular complexity index is 1270. The summed E-state index contributed by atoms with van der Waals surface area (Å²) in [5, 5.41) is 33.0. The van der Waals surface area contributed by atoms with Gasteiger partial charge in [-0.1, -0.05) is 0 Å². The minimum atomic E-state index is -0.691. The number of benzene rings is 2. The minimum absolute atomic E-state index is 0.0247. The predicted octanol–water partition coefficient (Wildman–Crippen LogP) is 1.05. The average molecular weight is 352 g/mol. The summed E-state index contributed by atoms with van der Waals surface area (Å²) in [6, 6.07) is 7.63. The van der Waals surface area contributed by atoms with Crippen LogP contribution in [0, 0.1) is 20.2 Å². The summed E-state index contributed by atoms with van der Waals surface area (Å²) in [5.41, 5.74) is -0.108. The zero-order valence-electron chi connectivity index (χ0n) is 12.8. The number of rotatable bonds is 3. The van der Waals surface area contributed by atoms with E-state index < -0.39 is 15.8 Å². The monoisotopic (exact) mass is 352 g/mol. The lowest BCUT2D eigenvalue weighted by Crippen LogP contribution is -2.23. The maximum absolute atomic E-state index is 12.4. The lowest BCUT2D eigenvalue weighted by atomic mass is 10.0. The third-order valence-electron chi connectivity index (χ3n) is 4.12. The number of nitrogens with zero attached hydrogens (tertiary/aromatic N) is 3. The number of nitro groups is 2. The van der Waals surface area contributed by atoms with Crippen molar-refractivity contribution in [1.82, 2.24) is 4.98 Å². The molecule has 10 nitrogen and oxygen atoms in total. The quantitative estimate of drug-likeness (QED) is 0.531. The van der Waals surface area contributed by atoms with Gasteiger partial charge in [0.25, 0.3) is 17.3 Å². The summed E-state index contributed by atoms with van der Waals surface area (Å²) in [7, 11) is 0. The molecule has 4 rings (SSSR count). The van der Waals surface area contributed by atoms with Crippen LogP contribution in [-0.4, -0.2) is 25.8 Å². The van der Waals surface area contributed by atoms with Gasteiger partial charge in [0.1, 0.15) is 0 Å². The van der Waals surface area contributed by atoms with Gasteiger partial charge in [-0.05, 0) is 12.1 Å². The molecule has 10 heteroatoms. The SMILES string of the molecule is O=C1N=c2ccc([N+](=O)[O-])cc2=C1c1c(O)[nH]c2ccc([N+](=O)[O-])cc12. The number of non-ortho nitro benzene ring substituents is 2. The zero-order valence-corrected chi connectivity index (χ0v) is 12.8. The van der Waals surface area contributed by atoms with E-state index in [-0.39, 0.29) is 44.4 Å². The number of fused-ring (bicyclic) bond motifs is 2. The maximum Gasteiger partial charge on any atom is 0.279 e. The molecule has 2 heterocycles. The number of aromatic amines is 1. The van der Waals surface area contributed by atoms with Crippen LogP contribution in [0.2, 0.25) is 0 Å². The van der Waals surface area contributed by atoms with Crippen LogP contribution in [-0.2, 0) is 4.79 Å². The van der Waals surface area contributed by atoms with Crippen LogP contribution in [0.1, 0.15) is 5.56 Å². The second kappa shape index (κ2) is 5.21. The molecule has 0 atom stereocenters. The van der Waals surface area contributed by atoms with Gasteiger partial charge in [0.05, 0.1) is 26.3 Å². The molecular formula is C16H8N4O6. The van der Waals surface area contributed by atoms with Crippen molar-refractivity contribution in [1.29, 1.82) is 0 Å². The van der Waals surface area contributed by atoms with Crippen molar-refractivity contribution in [2.45, 2.75) is 0 Å². The third kappa shape index (κ3) is 2.13. The smallest absolute Gasteiger partial charge is 0.279 e. The summed E-state index contributed by atoms with van der Waals surface area (Å²) < 4.78 is 0. The van der Waals surface area contributed by atoms with Gasteiger partial charge in [0, 0.05) is 40.4 Å². The second-order valence-corrected chi connectivity index (χ2v) is 5.59. The van der Waals surface area contributed by atoms with Crippen molar-refractivity contribution in [3.05, 3.63) is 72.8 Å². The summed E-state index contributed by atoms with van der Waals surface area (Å²) in [5.74, 6) is -1.07. The normalized spacial score (nSPS) is 12.9. The van der Waals surface area contributed by atoms with E-state index in [1.54, 1.807) is 0 Å². The molecule has 1 aliphatic rings. The highest BCUT2D eigenvalue weighted by atomic mass is 16.6. The highest BCUT2D eigenvalue weighted by Crippen LogP contribution is 2.35. The van der Waals surface area contributed by atoms with E-state index in [0.29, 0.717) is 5.52 Å². The Balaban J connectivity index is 2.12. The Morgan fingerprint density at radius 3 is 2.35 bits per heavy atom. The van der Waals surface area contributed by atoms with Gasteiger partial charge in [0.2, 0.25) is 0 Å². The molecule has 0 saturated heterocycles. The van der Waals surface area contributed by atoms with Crippen molar-refractivity contribution >= 4 is 33.8 Å². The highest BCUT2D eigenvalue weighted by molar-refractivity contribution is 6.25. The van der Waals surface area contributed by atoms with Crippen LogP contribution >= 0.6 is 0 Å². The van der Waals surface area contributed by atoms with Gasteiger partial charge in [0.15, 0.2) is 5.88 Å². The average Bonchev–Trinajstić information content (AvgIpc) is 3.08. The van der Waals surface area contributed by atoms with E-state index in [2.05, 4.69) is 9.98 Å². The standard InChI is InChI=1S/C16H8N4O6/c21-15-13(9-5-7(19(23)24)1-3-11(9)17-15)14-10-6-8(20(25)26)2-4-12(10)18-16(14)22/h1-6,17,21H. The van der Waals surface area contributed by atoms with Crippen LogP contribution in [0.15, 0.2) is 41.4 Å². The molecule has 0 radical (unpaired) electrons. The Hall–Kier alpha value is -4.08. The van der Waals surface area contributed by atoms with E-state index in [1.807, 2.05) is 0 Å². The number of nitro benzene ring substituents is 2. The number of carbonyl (C=O) groups excluding carboxylic acids is 1. The first kappa shape index (κ1) is 15.4. The molecule has 0 bridgehead atoms. The molecule has 0 saturated carbocycles. The fourth-order valence-corrected chi connectivity index (χ4v) is 2.99. The van der Waals surface area contributed by atoms with Gasteiger partial charge in [-0.3, -0.25) is 25.0 Å². The molecule has 0 aliphatic carbocycles. The molecular weight excluding hydrogens is 344 g/mol. The number of H-pyrrole nitrogens is 1. The number of hydrogen-bond acceptors (Lipinski definition) is 6. The molecule has 0 fully saturated rings. The van der Waals surface area contributed by atoms with Gasteiger partial charge < -0.3 is 10.1 Å². The predicted molar refractivity (Wildman–Crippen MR) is 88.0 cm³/mol. The van der Waals surface area contributed by atoms with Gasteiger partial charge in [-0.15, -0.1) is 0 Å². The van der Waals surface area contributed by atoms with Crippen molar-refractivity contribution in [2.75, 3.05) is 0 Å². The topological polar surface area (TPSA) is 152 Å². The van der Waals surface area contributed by atoms with Crippen molar-refractivity contribution in [3.8, 4) is 5.88 Å². The van der Waals surface area contributed by atoms with Crippen molar-refractivity contribution in [3.63, 3.8) is 0 Å². The Morgan fingerprint density at radius 2 is 1.65 bits per heavy atom. The van der Waals surface area contributed by atoms with E-state index in [4.69, 9.17) is 0 Å². The third-order valence-corrected chi connectivity index (χ3v) is 4.12. The van der Waals surface area contributed by atoms with Gasteiger partial charge >= 0.3 is 0 Å². The van der Waals surface area contributed by atoms with E-state index in [0.717, 1.165) is 0 Å². The molecule has 26 heavy (non-hydrogen) atoms. The fourth-order valence-electron chi connectivity index (χ4n) is 2.99. The molecule has 2 aromatic carbocycles. The van der Waals surface area contributed by atoms with Crippen molar-refractivity contribution in [2.24, 2.45) is 4.99 Å². The van der Waals surface area contributed by atoms with Crippen LogP contribution in [0.3, 0.4) is 0 Å². The minimum Gasteiger partial charge on any atom is -0.494 e. The number of amides is 1. The van der Waals surface area contributed by atoms with E-state index in [1.165, 1.54) is 36.4 Å². The Labute approximate surface area is 143 Å². The number of nitrogens with one attached hydrogen (secondary N) is 1. The molecule has 2 N–H and O–H groups in total. The number of hydrogen-bond donors (Lipinski definition) is 2. The summed E-state index contributed by atoms with van der Waals surface area (Å²) in [4.78, 5) is 39.7. The second-order valence-electron chi connectivity index (χ2n) is 5.59. The van der Waals surface area contributed by atoms with Crippen LogP contribution in [0.4, 0.5) is 11.4 Å². The first-order valence-corrected chi connectivity index (χ1v) is 7.28. The first-order valence-electron chi connectivity index (χ1n) is 7.28. The van der Waals surface area contributed by atoms with Crippen LogP contribution < -0.4 is 10.6 Å². The Morgan fingerprint density at radius 1 is 1.00 bits per heavy atom. The van der Waals surface area contributed by atoms with E-state index >= 15 is 0 Å². The lowest BCUT2D eigenvalue weighted by Gasteiger charge is -2.00. The lowest BCUT2D eigenvalue weighted by molar-refractivity contribution is -0.385. The molecule has 0 spiro atoms. The highest BCUT2D eigenvalue weighted by Gasteiger charge is 2.27. The zero-order chi connectivity index (χ0) is 18.6. The fraction of sp³-hybridized carbons (Fsp3) is 0. The number of carbonyl (C=O) groups is 1. The number of aromatic hydroxyl groups is 1. The Kier molecular flexibility index (Phi) is 3.09. The molecule has 0 unspecified atom stereocenters. The maximum atomic E-state index is 12.4. The summed E-state index contributed by atoms with van der Waals surface area (Å²) in [6.07, 6.45) is 0. The largest absolute Gasteiger partial charge is 0.494 e. The molecule has 1 amide bonds.